The lowest BCUT2D eigenvalue weighted by molar-refractivity contribution is -0.151. The van der Waals surface area contributed by atoms with Crippen molar-refractivity contribution in [1.82, 2.24) is 15.0 Å². The molecule has 0 aliphatic heterocycles. The van der Waals surface area contributed by atoms with Crippen molar-refractivity contribution in [3.63, 3.8) is 0 Å². The molecule has 2 aromatic carbocycles. The van der Waals surface area contributed by atoms with Gasteiger partial charge in [0.05, 0.1) is 47.7 Å². The first-order valence-electron chi connectivity index (χ1n) is 12.4. The summed E-state index contributed by atoms with van der Waals surface area (Å²) in [5, 5.41) is 13.3. The molecule has 4 N–H and O–H groups in total. The Hall–Kier alpha value is -3.88. The molecule has 1 saturated carbocycles. The maximum Gasteiger partial charge on any atom is 0.311 e. The van der Waals surface area contributed by atoms with Crippen LogP contribution in [0, 0.1) is 19.8 Å². The van der Waals surface area contributed by atoms with Gasteiger partial charge in [-0.3, -0.25) is 4.79 Å². The van der Waals surface area contributed by atoms with Crippen LogP contribution in [0.5, 0.6) is 0 Å². The molecular formula is C27H35N7O2. The minimum Gasteiger partial charge on any atom is -0.466 e. The number of fused-ring (bicyclic) bond motifs is 1. The number of carbonyl (C=O) groups is 1. The first-order valence-corrected chi connectivity index (χ1v) is 12.4. The lowest BCUT2D eigenvalue weighted by atomic mass is 9.83. The first kappa shape index (κ1) is 25.2. The molecule has 3 aromatic rings. The summed E-state index contributed by atoms with van der Waals surface area (Å²) in [6.45, 7) is 10.8. The van der Waals surface area contributed by atoms with Crippen molar-refractivity contribution in [3.05, 3.63) is 71.7 Å². The van der Waals surface area contributed by atoms with Crippen LogP contribution in [0.1, 0.15) is 55.3 Å². The third-order valence-corrected chi connectivity index (χ3v) is 6.72. The second-order valence-electron chi connectivity index (χ2n) is 9.38. The Bertz CT molecular complexity index is 1230. The maximum absolute atomic E-state index is 12.9. The maximum atomic E-state index is 12.9. The SMILES string of the molecule is C=C(C(Nc1ccc2[nH]cnc2c1)c1cc(C)cc(C)c1)N(/N=N\N)C1CCCCC1C(=O)OCC. The number of nitrogens with two attached hydrogens (primary N) is 1. The molecular weight excluding hydrogens is 454 g/mol. The van der Waals surface area contributed by atoms with Crippen molar-refractivity contribution in [2.75, 3.05) is 11.9 Å². The van der Waals surface area contributed by atoms with Gasteiger partial charge in [0.15, 0.2) is 0 Å². The third kappa shape index (κ3) is 5.50. The summed E-state index contributed by atoms with van der Waals surface area (Å²) in [5.74, 6) is 5.02. The molecule has 0 spiro atoms. The lowest BCUT2D eigenvalue weighted by Crippen LogP contribution is -2.44. The van der Waals surface area contributed by atoms with Gasteiger partial charge in [-0.25, -0.2) is 9.99 Å². The molecule has 9 nitrogen and oxygen atoms in total. The van der Waals surface area contributed by atoms with E-state index in [9.17, 15) is 4.79 Å². The topological polar surface area (TPSA) is 121 Å². The van der Waals surface area contributed by atoms with E-state index < -0.39 is 0 Å². The molecule has 3 unspecified atom stereocenters. The van der Waals surface area contributed by atoms with Crippen molar-refractivity contribution in [2.45, 2.75) is 58.5 Å². The molecule has 0 bridgehead atoms. The zero-order valence-corrected chi connectivity index (χ0v) is 21.2. The van der Waals surface area contributed by atoms with Crippen LogP contribution in [-0.2, 0) is 9.53 Å². The summed E-state index contributed by atoms with van der Waals surface area (Å²) in [4.78, 5) is 20.4. The van der Waals surface area contributed by atoms with E-state index in [-0.39, 0.29) is 24.0 Å². The number of imidazole rings is 1. The molecule has 9 heteroatoms. The fraction of sp³-hybridized carbons (Fsp3) is 0.407. The number of carbonyl (C=O) groups excluding carboxylic acids is 1. The Kier molecular flexibility index (Phi) is 7.87. The summed E-state index contributed by atoms with van der Waals surface area (Å²) < 4.78 is 5.40. The molecule has 1 heterocycles. The van der Waals surface area contributed by atoms with Crippen LogP contribution >= 0.6 is 0 Å². The minimum atomic E-state index is -0.352. The summed E-state index contributed by atoms with van der Waals surface area (Å²) in [6, 6.07) is 11.8. The summed E-state index contributed by atoms with van der Waals surface area (Å²) in [7, 11) is 0. The number of hydrogen-bond donors (Lipinski definition) is 3. The zero-order valence-electron chi connectivity index (χ0n) is 21.2. The number of H-pyrrole nitrogens is 1. The van der Waals surface area contributed by atoms with E-state index in [1.54, 1.807) is 11.3 Å². The summed E-state index contributed by atoms with van der Waals surface area (Å²) in [5.41, 5.74) is 6.66. The van der Waals surface area contributed by atoms with E-state index in [0.29, 0.717) is 12.3 Å². The molecule has 190 valence electrons. The van der Waals surface area contributed by atoms with Gasteiger partial charge < -0.3 is 20.9 Å². The zero-order chi connectivity index (χ0) is 25.7. The smallest absolute Gasteiger partial charge is 0.311 e. The fourth-order valence-corrected chi connectivity index (χ4v) is 5.18. The molecule has 3 atom stereocenters. The predicted molar refractivity (Wildman–Crippen MR) is 141 cm³/mol. The number of anilines is 1. The quantitative estimate of drug-likeness (QED) is 0.158. The Balaban J connectivity index is 1.73. The highest BCUT2D eigenvalue weighted by Gasteiger charge is 2.38. The van der Waals surface area contributed by atoms with Gasteiger partial charge in [-0.1, -0.05) is 54.0 Å². The summed E-state index contributed by atoms with van der Waals surface area (Å²) >= 11 is 0. The number of nitrogens with zero attached hydrogens (tertiary/aromatic N) is 4. The van der Waals surface area contributed by atoms with Crippen LogP contribution in [0.2, 0.25) is 0 Å². The van der Waals surface area contributed by atoms with E-state index in [4.69, 9.17) is 10.6 Å². The van der Waals surface area contributed by atoms with Gasteiger partial charge in [0.25, 0.3) is 0 Å². The molecule has 1 aliphatic rings. The van der Waals surface area contributed by atoms with E-state index in [1.807, 2.05) is 25.1 Å². The number of benzene rings is 2. The van der Waals surface area contributed by atoms with Crippen molar-refractivity contribution < 1.29 is 9.53 Å². The number of aromatic amines is 1. The standard InChI is InChI=1S/C27H35N7O2/c1-5-36-27(35)22-8-6-7-9-25(22)34(33-32-28)19(4)26(20-13-17(2)12-18(3)14-20)31-21-10-11-23-24(15-21)30-16-29-23/h10-16,22,25-26,31H,4-9H2,1-3H3,(H2,28,33)(H,29,30). The Morgan fingerprint density at radius 3 is 2.72 bits per heavy atom. The molecule has 1 aliphatic carbocycles. The van der Waals surface area contributed by atoms with Crippen molar-refractivity contribution >= 4 is 22.7 Å². The second kappa shape index (κ2) is 11.2. The highest BCUT2D eigenvalue weighted by molar-refractivity contribution is 5.79. The van der Waals surface area contributed by atoms with E-state index in [0.717, 1.165) is 59.1 Å². The number of hydrogen-bond acceptors (Lipinski definition) is 6. The first-order chi connectivity index (χ1) is 17.4. The largest absolute Gasteiger partial charge is 0.466 e. The molecule has 0 amide bonds. The molecule has 1 fully saturated rings. The molecule has 36 heavy (non-hydrogen) atoms. The predicted octanol–water partition coefficient (Wildman–Crippen LogP) is 5.51. The Labute approximate surface area is 211 Å². The molecule has 4 rings (SSSR count). The van der Waals surface area contributed by atoms with Crippen LogP contribution in [0.4, 0.5) is 5.69 Å². The number of nitrogens with one attached hydrogen (secondary N) is 2. The number of aryl methyl sites for hydroxylation is 2. The van der Waals surface area contributed by atoms with Gasteiger partial charge in [0, 0.05) is 5.69 Å². The normalized spacial score (nSPS) is 18.8. The highest BCUT2D eigenvalue weighted by atomic mass is 16.5. The van der Waals surface area contributed by atoms with Gasteiger partial charge in [0.2, 0.25) is 0 Å². The van der Waals surface area contributed by atoms with Crippen LogP contribution in [0.3, 0.4) is 0 Å². The van der Waals surface area contributed by atoms with Crippen molar-refractivity contribution in [3.8, 4) is 0 Å². The number of esters is 1. The molecule has 0 saturated heterocycles. The fourth-order valence-electron chi connectivity index (χ4n) is 5.18. The van der Waals surface area contributed by atoms with Gasteiger partial charge in [-0.05, 0) is 62.6 Å². The second-order valence-corrected chi connectivity index (χ2v) is 9.38. The van der Waals surface area contributed by atoms with E-state index in [2.05, 4.69) is 64.4 Å². The van der Waals surface area contributed by atoms with Gasteiger partial charge in [-0.2, -0.15) is 0 Å². The molecule has 1 aromatic heterocycles. The van der Waals surface area contributed by atoms with Crippen molar-refractivity contribution in [1.29, 1.82) is 0 Å². The molecule has 0 radical (unpaired) electrons. The van der Waals surface area contributed by atoms with Gasteiger partial charge in [0.1, 0.15) is 0 Å². The lowest BCUT2D eigenvalue weighted by Gasteiger charge is -2.39. The Morgan fingerprint density at radius 2 is 2.00 bits per heavy atom. The van der Waals surface area contributed by atoms with E-state index >= 15 is 0 Å². The summed E-state index contributed by atoms with van der Waals surface area (Å²) in [6.07, 6.45) is 5.10. The van der Waals surface area contributed by atoms with Crippen LogP contribution in [-0.4, -0.2) is 33.6 Å². The Morgan fingerprint density at radius 1 is 1.25 bits per heavy atom. The number of aromatic nitrogens is 2. The van der Waals surface area contributed by atoms with Gasteiger partial charge in [-0.15, -0.1) is 0 Å². The number of ether oxygens (including phenoxy) is 1. The van der Waals surface area contributed by atoms with E-state index in [1.165, 1.54) is 0 Å². The minimum absolute atomic E-state index is 0.216. The average molecular weight is 490 g/mol. The number of rotatable bonds is 9. The monoisotopic (exact) mass is 489 g/mol. The van der Waals surface area contributed by atoms with Crippen molar-refractivity contribution in [2.24, 2.45) is 22.2 Å². The van der Waals surface area contributed by atoms with Crippen LogP contribution in [0.15, 0.2) is 65.4 Å². The third-order valence-electron chi connectivity index (χ3n) is 6.72. The highest BCUT2D eigenvalue weighted by Crippen LogP contribution is 2.37. The van der Waals surface area contributed by atoms with Crippen LogP contribution < -0.4 is 11.2 Å². The van der Waals surface area contributed by atoms with Gasteiger partial charge >= 0.3 is 5.97 Å². The average Bonchev–Trinajstić information content (AvgIpc) is 3.33. The van der Waals surface area contributed by atoms with Crippen LogP contribution in [0.25, 0.3) is 11.0 Å².